The largest absolute Gasteiger partial charge is 0.265 e. The van der Waals surface area contributed by atoms with Crippen LogP contribution < -0.4 is 0 Å². The Morgan fingerprint density at radius 1 is 0.794 bits per heavy atom. The molecular formula is C32H40N2. The topological polar surface area (TPSA) is 25.8 Å². The van der Waals surface area contributed by atoms with Gasteiger partial charge in [-0.3, -0.25) is 9.97 Å². The summed E-state index contributed by atoms with van der Waals surface area (Å²) in [6, 6.07) is 18.0. The van der Waals surface area contributed by atoms with E-state index >= 15 is 0 Å². The highest BCUT2D eigenvalue weighted by atomic mass is 14.7. The lowest BCUT2D eigenvalue weighted by molar-refractivity contribution is 1.12. The third-order valence-corrected chi connectivity index (χ3v) is 4.23. The van der Waals surface area contributed by atoms with Crippen LogP contribution in [0.2, 0.25) is 0 Å². The average molecular weight is 453 g/mol. The van der Waals surface area contributed by atoms with Crippen LogP contribution >= 0.6 is 0 Å². The van der Waals surface area contributed by atoms with Gasteiger partial charge in [0.1, 0.15) is 0 Å². The van der Waals surface area contributed by atoms with E-state index in [1.807, 2.05) is 102 Å². The summed E-state index contributed by atoms with van der Waals surface area (Å²) in [4.78, 5) is 8.14. The zero-order chi connectivity index (χ0) is 25.6. The summed E-state index contributed by atoms with van der Waals surface area (Å²) in [7, 11) is 0. The summed E-state index contributed by atoms with van der Waals surface area (Å²) in [5.41, 5.74) is 6.79. The van der Waals surface area contributed by atoms with Crippen molar-refractivity contribution in [2.24, 2.45) is 0 Å². The van der Waals surface area contributed by atoms with E-state index in [-0.39, 0.29) is 0 Å². The lowest BCUT2D eigenvalue weighted by Gasteiger charge is -2.04. The Morgan fingerprint density at radius 2 is 1.38 bits per heavy atom. The Bertz CT molecular complexity index is 995. The van der Waals surface area contributed by atoms with Crippen LogP contribution in [0.5, 0.6) is 0 Å². The van der Waals surface area contributed by atoms with Gasteiger partial charge < -0.3 is 0 Å². The van der Waals surface area contributed by atoms with Crippen molar-refractivity contribution < 1.29 is 0 Å². The van der Waals surface area contributed by atoms with Gasteiger partial charge in [-0.2, -0.15) is 0 Å². The van der Waals surface area contributed by atoms with Crippen LogP contribution in [0.3, 0.4) is 0 Å². The summed E-state index contributed by atoms with van der Waals surface area (Å²) in [5, 5.41) is 0. The van der Waals surface area contributed by atoms with E-state index in [2.05, 4.69) is 59.5 Å². The molecule has 3 rings (SSSR count). The summed E-state index contributed by atoms with van der Waals surface area (Å²) < 4.78 is 0. The van der Waals surface area contributed by atoms with E-state index in [9.17, 15) is 0 Å². The minimum Gasteiger partial charge on any atom is -0.265 e. The van der Waals surface area contributed by atoms with E-state index in [0.29, 0.717) is 0 Å². The first-order chi connectivity index (χ1) is 16.5. The van der Waals surface area contributed by atoms with Gasteiger partial charge in [-0.15, -0.1) is 0 Å². The maximum Gasteiger partial charge on any atom is 0.0382 e. The Hall–Kier alpha value is -3.78. The van der Waals surface area contributed by atoms with Crippen molar-refractivity contribution in [1.29, 1.82) is 0 Å². The van der Waals surface area contributed by atoms with Crippen LogP contribution in [0.15, 0.2) is 111 Å². The normalized spacial score (nSPS) is 10.2. The molecular weight excluding hydrogens is 412 g/mol. The molecule has 1 aromatic carbocycles. The molecule has 0 radical (unpaired) electrons. The zero-order valence-electron chi connectivity index (χ0n) is 21.7. The SMILES string of the molecule is C=C/C(=C\C=C/C)c1cc(C)nc(C)c1.C=Cc1ccccc1/C=C\C.CC.c1ccncc1. The molecule has 2 nitrogen and oxygen atoms in total. The number of aromatic nitrogens is 2. The van der Waals surface area contributed by atoms with Crippen molar-refractivity contribution in [3.05, 3.63) is 139 Å². The second kappa shape index (κ2) is 19.9. The fraction of sp³-hybridized carbons (Fsp3) is 0.188. The van der Waals surface area contributed by atoms with Crippen LogP contribution in [-0.4, -0.2) is 9.97 Å². The molecule has 2 heteroatoms. The number of hydrogen-bond acceptors (Lipinski definition) is 2. The molecule has 0 aliphatic carbocycles. The number of benzene rings is 1. The van der Waals surface area contributed by atoms with Crippen molar-refractivity contribution in [3.63, 3.8) is 0 Å². The van der Waals surface area contributed by atoms with Crippen molar-refractivity contribution in [1.82, 2.24) is 9.97 Å². The third kappa shape index (κ3) is 12.9. The van der Waals surface area contributed by atoms with Crippen LogP contribution in [0.25, 0.3) is 17.7 Å². The van der Waals surface area contributed by atoms with Gasteiger partial charge in [0, 0.05) is 23.8 Å². The van der Waals surface area contributed by atoms with Crippen molar-refractivity contribution in [3.8, 4) is 0 Å². The van der Waals surface area contributed by atoms with E-state index in [1.54, 1.807) is 12.4 Å². The highest BCUT2D eigenvalue weighted by Gasteiger charge is 1.99. The van der Waals surface area contributed by atoms with Crippen LogP contribution in [0.1, 0.15) is 55.8 Å². The minimum atomic E-state index is 1.04. The maximum absolute atomic E-state index is 4.35. The average Bonchev–Trinajstić information content (AvgIpc) is 2.87. The maximum atomic E-state index is 4.35. The Labute approximate surface area is 207 Å². The van der Waals surface area contributed by atoms with Crippen molar-refractivity contribution >= 4 is 17.7 Å². The predicted octanol–water partition coefficient (Wildman–Crippen LogP) is 9.31. The van der Waals surface area contributed by atoms with Gasteiger partial charge in [0.05, 0.1) is 0 Å². The van der Waals surface area contributed by atoms with Gasteiger partial charge in [-0.1, -0.05) is 99.9 Å². The third-order valence-electron chi connectivity index (χ3n) is 4.23. The fourth-order valence-corrected chi connectivity index (χ4v) is 2.82. The van der Waals surface area contributed by atoms with Crippen molar-refractivity contribution in [2.45, 2.75) is 41.5 Å². The number of pyridine rings is 2. The van der Waals surface area contributed by atoms with Gasteiger partial charge in [-0.25, -0.2) is 0 Å². The minimum absolute atomic E-state index is 1.04. The quantitative estimate of drug-likeness (QED) is 0.360. The van der Waals surface area contributed by atoms with E-state index in [0.717, 1.165) is 17.0 Å². The number of aryl methyl sites for hydroxylation is 2. The molecule has 0 amide bonds. The number of rotatable bonds is 5. The monoisotopic (exact) mass is 452 g/mol. The molecule has 0 spiro atoms. The molecule has 3 aromatic rings. The van der Waals surface area contributed by atoms with Gasteiger partial charge in [-0.05, 0) is 74.2 Å². The number of allylic oxidation sites excluding steroid dienone is 6. The van der Waals surface area contributed by atoms with E-state index < -0.39 is 0 Å². The molecule has 2 heterocycles. The highest BCUT2D eigenvalue weighted by Crippen LogP contribution is 2.17. The lowest BCUT2D eigenvalue weighted by atomic mass is 10.0. The first kappa shape index (κ1) is 30.2. The molecule has 0 unspecified atom stereocenters. The molecule has 34 heavy (non-hydrogen) atoms. The number of nitrogens with zero attached hydrogens (tertiary/aromatic N) is 2. The second-order valence-electron chi connectivity index (χ2n) is 6.85. The summed E-state index contributed by atoms with van der Waals surface area (Å²) in [5.74, 6) is 0. The lowest BCUT2D eigenvalue weighted by Crippen LogP contribution is -1.89. The van der Waals surface area contributed by atoms with Gasteiger partial charge in [0.2, 0.25) is 0 Å². The van der Waals surface area contributed by atoms with E-state index in [4.69, 9.17) is 0 Å². The van der Waals surface area contributed by atoms with Gasteiger partial charge in [0.25, 0.3) is 0 Å². The number of hydrogen-bond donors (Lipinski definition) is 0. The molecule has 178 valence electrons. The van der Waals surface area contributed by atoms with Gasteiger partial charge in [0.15, 0.2) is 0 Å². The zero-order valence-corrected chi connectivity index (χ0v) is 21.7. The van der Waals surface area contributed by atoms with E-state index in [1.165, 1.54) is 16.7 Å². The molecule has 0 N–H and O–H groups in total. The molecule has 0 atom stereocenters. The second-order valence-corrected chi connectivity index (χ2v) is 6.85. The first-order valence-corrected chi connectivity index (χ1v) is 11.7. The molecule has 0 aliphatic heterocycles. The van der Waals surface area contributed by atoms with Crippen LogP contribution in [0, 0.1) is 13.8 Å². The smallest absolute Gasteiger partial charge is 0.0382 e. The Morgan fingerprint density at radius 3 is 1.79 bits per heavy atom. The highest BCUT2D eigenvalue weighted by molar-refractivity contribution is 5.75. The summed E-state index contributed by atoms with van der Waals surface area (Å²) in [6.45, 7) is 19.6. The first-order valence-electron chi connectivity index (χ1n) is 11.7. The fourth-order valence-electron chi connectivity index (χ4n) is 2.82. The molecule has 0 saturated carbocycles. The Kier molecular flexibility index (Phi) is 17.7. The van der Waals surface area contributed by atoms with Crippen LogP contribution in [-0.2, 0) is 0 Å². The summed E-state index contributed by atoms with van der Waals surface area (Å²) >= 11 is 0. The Balaban J connectivity index is 0.000000499. The van der Waals surface area contributed by atoms with Gasteiger partial charge >= 0.3 is 0 Å². The standard InChI is InChI=1S/C14H17N.C11H12.C5H5N.C2H6/c1-5-7-8-13(6-2)14-9-11(3)15-12(4)10-14;1-3-7-11-9-6-5-8-10(11)4-2;1-2-4-6-5-3-1;1-2/h5-10H,2H2,1,3-4H3;3-9H,2H2,1H3;1-5H;1-2H3/b7-5-,13-8+;7-3-;;. The predicted molar refractivity (Wildman–Crippen MR) is 154 cm³/mol. The van der Waals surface area contributed by atoms with Crippen LogP contribution in [0.4, 0.5) is 0 Å². The molecule has 0 saturated heterocycles. The molecule has 0 aliphatic rings. The molecule has 0 fully saturated rings. The van der Waals surface area contributed by atoms with Crippen molar-refractivity contribution in [2.75, 3.05) is 0 Å². The molecule has 0 bridgehead atoms. The molecule has 2 aromatic heterocycles. The summed E-state index contributed by atoms with van der Waals surface area (Å²) in [6.07, 6.45) is 17.4.